The van der Waals surface area contributed by atoms with Crippen LogP contribution in [-0.2, 0) is 14.8 Å². The molecule has 0 spiro atoms. The van der Waals surface area contributed by atoms with Crippen LogP contribution in [0, 0.1) is 11.8 Å². The molecule has 0 unspecified atom stereocenters. The van der Waals surface area contributed by atoms with Crippen molar-refractivity contribution in [1.29, 1.82) is 0 Å². The molecular weight excluding hydrogens is 431 g/mol. The van der Waals surface area contributed by atoms with Gasteiger partial charge in [-0.25, -0.2) is 8.42 Å². The molecule has 2 aliphatic carbocycles. The standard InChI is InChI=1S/C21H22Cl2N2O3S/c22-16-8-9-18(23)20(12-16)25(29(27,28)17-4-2-1-3-5-17)13-21(26)24-19-11-14-6-7-15(19)10-14/h1-5,8-9,12,14-15,19H,6-7,10-11,13H2,(H,24,26)/t14-,15-,19+/m0/s1. The van der Waals surface area contributed by atoms with Crippen molar-refractivity contribution in [2.45, 2.75) is 36.6 Å². The number of halogens is 2. The van der Waals surface area contributed by atoms with Crippen LogP contribution < -0.4 is 9.62 Å². The van der Waals surface area contributed by atoms with E-state index in [1.807, 2.05) is 0 Å². The Morgan fingerprint density at radius 3 is 2.48 bits per heavy atom. The third-order valence-corrected chi connectivity index (χ3v) is 8.21. The second kappa shape index (κ2) is 8.17. The SMILES string of the molecule is O=C(CN(c1cc(Cl)ccc1Cl)S(=O)(=O)c1ccccc1)N[C@@H]1C[C@H]2CC[C@H]1C2. The van der Waals surface area contributed by atoms with Crippen LogP contribution in [0.25, 0.3) is 0 Å². The Balaban J connectivity index is 1.63. The van der Waals surface area contributed by atoms with Crippen LogP contribution in [0.5, 0.6) is 0 Å². The molecule has 2 fully saturated rings. The summed E-state index contributed by atoms with van der Waals surface area (Å²) in [4.78, 5) is 12.9. The van der Waals surface area contributed by atoms with Gasteiger partial charge in [0.25, 0.3) is 10.0 Å². The number of fused-ring (bicyclic) bond motifs is 2. The van der Waals surface area contributed by atoms with Crippen molar-refractivity contribution in [2.75, 3.05) is 10.8 Å². The molecule has 2 bridgehead atoms. The molecule has 0 heterocycles. The number of nitrogens with one attached hydrogen (secondary N) is 1. The molecule has 2 aromatic rings. The van der Waals surface area contributed by atoms with Crippen molar-refractivity contribution in [3.05, 3.63) is 58.6 Å². The van der Waals surface area contributed by atoms with E-state index in [0.717, 1.165) is 23.6 Å². The summed E-state index contributed by atoms with van der Waals surface area (Å²) in [5.74, 6) is 0.841. The molecule has 154 valence electrons. The quantitative estimate of drug-likeness (QED) is 0.701. The molecule has 29 heavy (non-hydrogen) atoms. The lowest BCUT2D eigenvalue weighted by Gasteiger charge is -2.27. The van der Waals surface area contributed by atoms with E-state index < -0.39 is 10.0 Å². The van der Waals surface area contributed by atoms with Gasteiger partial charge in [0.15, 0.2) is 0 Å². The van der Waals surface area contributed by atoms with Gasteiger partial charge in [-0.3, -0.25) is 9.10 Å². The van der Waals surface area contributed by atoms with Crippen LogP contribution >= 0.6 is 23.2 Å². The van der Waals surface area contributed by atoms with Gasteiger partial charge in [0.2, 0.25) is 5.91 Å². The van der Waals surface area contributed by atoms with Crippen LogP contribution in [-0.4, -0.2) is 26.9 Å². The Morgan fingerprint density at radius 1 is 1.07 bits per heavy atom. The first-order valence-electron chi connectivity index (χ1n) is 9.67. The average Bonchev–Trinajstić information content (AvgIpc) is 3.32. The second-order valence-corrected chi connectivity index (χ2v) is 10.5. The maximum atomic E-state index is 13.3. The van der Waals surface area contributed by atoms with Crippen molar-refractivity contribution in [1.82, 2.24) is 5.32 Å². The molecule has 2 aromatic carbocycles. The lowest BCUT2D eigenvalue weighted by molar-refractivity contribution is -0.120. The number of rotatable bonds is 6. The molecule has 8 heteroatoms. The van der Waals surface area contributed by atoms with Gasteiger partial charge in [0.05, 0.1) is 15.6 Å². The molecule has 3 atom stereocenters. The van der Waals surface area contributed by atoms with Gasteiger partial charge < -0.3 is 5.32 Å². The summed E-state index contributed by atoms with van der Waals surface area (Å²) >= 11 is 12.4. The van der Waals surface area contributed by atoms with E-state index in [1.54, 1.807) is 24.3 Å². The smallest absolute Gasteiger partial charge is 0.264 e. The predicted molar refractivity (Wildman–Crippen MR) is 115 cm³/mol. The van der Waals surface area contributed by atoms with E-state index >= 15 is 0 Å². The van der Waals surface area contributed by atoms with Crippen molar-refractivity contribution >= 4 is 44.8 Å². The molecule has 5 nitrogen and oxygen atoms in total. The molecule has 1 amide bonds. The number of anilines is 1. The molecule has 0 aliphatic heterocycles. The summed E-state index contributed by atoms with van der Waals surface area (Å²) < 4.78 is 27.7. The number of hydrogen-bond acceptors (Lipinski definition) is 3. The minimum Gasteiger partial charge on any atom is -0.352 e. The van der Waals surface area contributed by atoms with Crippen LogP contribution in [0.1, 0.15) is 25.7 Å². The number of nitrogens with zero attached hydrogens (tertiary/aromatic N) is 1. The zero-order valence-corrected chi connectivity index (χ0v) is 18.1. The monoisotopic (exact) mass is 452 g/mol. The topological polar surface area (TPSA) is 66.5 Å². The van der Waals surface area contributed by atoms with Crippen LogP contribution in [0.4, 0.5) is 5.69 Å². The fourth-order valence-electron chi connectivity index (χ4n) is 4.50. The van der Waals surface area contributed by atoms with Gasteiger partial charge in [0, 0.05) is 11.1 Å². The van der Waals surface area contributed by atoms with Crippen molar-refractivity contribution in [3.63, 3.8) is 0 Å². The van der Waals surface area contributed by atoms with Crippen molar-refractivity contribution < 1.29 is 13.2 Å². The van der Waals surface area contributed by atoms with Crippen LogP contribution in [0.3, 0.4) is 0 Å². The Hall–Kier alpha value is -1.76. The molecule has 0 saturated heterocycles. The normalized spacial score (nSPS) is 23.2. The van der Waals surface area contributed by atoms with Gasteiger partial charge in [-0.05, 0) is 61.4 Å². The Labute approximate surface area is 181 Å². The molecule has 0 aromatic heterocycles. The van der Waals surface area contributed by atoms with Crippen LogP contribution in [0.15, 0.2) is 53.4 Å². The summed E-state index contributed by atoms with van der Waals surface area (Å²) in [5, 5.41) is 3.60. The van der Waals surface area contributed by atoms with E-state index in [0.29, 0.717) is 16.9 Å². The Kier molecular flexibility index (Phi) is 5.78. The summed E-state index contributed by atoms with van der Waals surface area (Å²) in [7, 11) is -4.00. The summed E-state index contributed by atoms with van der Waals surface area (Å²) in [6, 6.07) is 12.7. The van der Waals surface area contributed by atoms with E-state index in [-0.39, 0.29) is 34.1 Å². The Morgan fingerprint density at radius 2 is 1.83 bits per heavy atom. The number of hydrogen-bond donors (Lipinski definition) is 1. The van der Waals surface area contributed by atoms with Gasteiger partial charge in [0.1, 0.15) is 6.54 Å². The summed E-state index contributed by atoms with van der Waals surface area (Å²) in [6.45, 7) is -0.356. The Bertz CT molecular complexity index is 1010. The lowest BCUT2D eigenvalue weighted by atomic mass is 9.95. The van der Waals surface area contributed by atoms with Crippen molar-refractivity contribution in [3.8, 4) is 0 Å². The van der Waals surface area contributed by atoms with E-state index in [1.165, 1.54) is 30.7 Å². The molecule has 2 saturated carbocycles. The maximum absolute atomic E-state index is 13.3. The zero-order chi connectivity index (χ0) is 20.6. The first-order valence-corrected chi connectivity index (χ1v) is 11.9. The average molecular weight is 453 g/mol. The number of carbonyl (C=O) groups excluding carboxylic acids is 1. The second-order valence-electron chi connectivity index (χ2n) is 7.77. The highest BCUT2D eigenvalue weighted by atomic mass is 35.5. The first-order chi connectivity index (χ1) is 13.8. The van der Waals surface area contributed by atoms with E-state index in [2.05, 4.69) is 5.32 Å². The third-order valence-electron chi connectivity index (χ3n) is 5.88. The molecule has 4 rings (SSSR count). The predicted octanol–water partition coefficient (Wildman–Crippen LogP) is 4.49. The summed E-state index contributed by atoms with van der Waals surface area (Å²) in [5.41, 5.74) is 0.186. The number of amides is 1. The lowest BCUT2D eigenvalue weighted by Crippen LogP contribution is -2.46. The van der Waals surface area contributed by atoms with Gasteiger partial charge in [-0.2, -0.15) is 0 Å². The molecule has 0 radical (unpaired) electrons. The minimum atomic E-state index is -4.00. The van der Waals surface area contributed by atoms with E-state index in [4.69, 9.17) is 23.2 Å². The number of carbonyl (C=O) groups is 1. The molecular formula is C21H22Cl2N2O3S. The minimum absolute atomic E-state index is 0.0868. The van der Waals surface area contributed by atoms with Gasteiger partial charge in [-0.15, -0.1) is 0 Å². The highest BCUT2D eigenvalue weighted by Gasteiger charge is 2.40. The van der Waals surface area contributed by atoms with E-state index in [9.17, 15) is 13.2 Å². The molecule has 2 aliphatic rings. The van der Waals surface area contributed by atoms with Gasteiger partial charge >= 0.3 is 0 Å². The zero-order valence-electron chi connectivity index (χ0n) is 15.7. The van der Waals surface area contributed by atoms with Crippen LogP contribution in [0.2, 0.25) is 10.0 Å². The fraction of sp³-hybridized carbons (Fsp3) is 0.381. The fourth-order valence-corrected chi connectivity index (χ4v) is 6.39. The van der Waals surface area contributed by atoms with Crippen molar-refractivity contribution in [2.24, 2.45) is 11.8 Å². The largest absolute Gasteiger partial charge is 0.352 e. The number of sulfonamides is 1. The number of benzene rings is 2. The van der Waals surface area contributed by atoms with Gasteiger partial charge in [-0.1, -0.05) is 47.8 Å². The third kappa shape index (κ3) is 4.25. The summed E-state index contributed by atoms with van der Waals surface area (Å²) in [6.07, 6.45) is 4.47. The first kappa shape index (κ1) is 20.5. The maximum Gasteiger partial charge on any atom is 0.264 e. The highest BCUT2D eigenvalue weighted by Crippen LogP contribution is 2.44. The molecule has 1 N–H and O–H groups in total. The highest BCUT2D eigenvalue weighted by molar-refractivity contribution is 7.92.